The molecule has 0 radical (unpaired) electrons. The van der Waals surface area contributed by atoms with Gasteiger partial charge in [-0.2, -0.15) is 11.3 Å². The van der Waals surface area contributed by atoms with Crippen molar-refractivity contribution in [1.29, 1.82) is 0 Å². The maximum absolute atomic E-state index is 12.8. The van der Waals surface area contributed by atoms with Crippen molar-refractivity contribution in [3.8, 4) is 10.6 Å². The van der Waals surface area contributed by atoms with Gasteiger partial charge in [0, 0.05) is 36.0 Å². The predicted octanol–water partition coefficient (Wildman–Crippen LogP) is 3.67. The normalized spacial score (nSPS) is 16.1. The number of hydrogen-bond donors (Lipinski definition) is 1. The zero-order valence-electron chi connectivity index (χ0n) is 14.8. The first-order valence-electron chi connectivity index (χ1n) is 8.93. The Morgan fingerprint density at radius 2 is 2.00 bits per heavy atom. The van der Waals surface area contributed by atoms with Crippen molar-refractivity contribution in [1.82, 2.24) is 15.2 Å². The Bertz CT molecular complexity index is 859. The van der Waals surface area contributed by atoms with Crippen LogP contribution in [-0.4, -0.2) is 48.6 Å². The van der Waals surface area contributed by atoms with Gasteiger partial charge in [0.15, 0.2) is 0 Å². The minimum Gasteiger partial charge on any atom is -0.379 e. The molecule has 1 aliphatic rings. The first-order valence-corrected chi connectivity index (χ1v) is 10.8. The average Bonchev–Trinajstić information content (AvgIpc) is 3.41. The molecule has 1 amide bonds. The van der Waals surface area contributed by atoms with Gasteiger partial charge in [0.05, 0.1) is 19.3 Å². The molecule has 27 heavy (non-hydrogen) atoms. The van der Waals surface area contributed by atoms with Crippen molar-refractivity contribution in [2.24, 2.45) is 0 Å². The molecule has 1 atom stereocenters. The molecule has 2 aromatic heterocycles. The van der Waals surface area contributed by atoms with Gasteiger partial charge in [-0.25, -0.2) is 4.98 Å². The molecule has 0 saturated carbocycles. The van der Waals surface area contributed by atoms with E-state index in [1.54, 1.807) is 11.3 Å². The molecule has 3 aromatic rings. The van der Waals surface area contributed by atoms with E-state index in [1.165, 1.54) is 11.3 Å². The molecule has 1 saturated heterocycles. The van der Waals surface area contributed by atoms with Gasteiger partial charge in [-0.15, -0.1) is 11.3 Å². The highest BCUT2D eigenvalue weighted by Crippen LogP contribution is 2.26. The Labute approximate surface area is 166 Å². The predicted molar refractivity (Wildman–Crippen MR) is 109 cm³/mol. The molecule has 3 heterocycles. The fourth-order valence-electron chi connectivity index (χ4n) is 3.09. The van der Waals surface area contributed by atoms with Gasteiger partial charge in [-0.05, 0) is 17.0 Å². The highest BCUT2D eigenvalue weighted by atomic mass is 32.1. The molecule has 0 unspecified atom stereocenters. The lowest BCUT2D eigenvalue weighted by Crippen LogP contribution is -2.43. The number of thiazole rings is 1. The number of carbonyl (C=O) groups excluding carboxylic acids is 1. The standard InChI is InChI=1S/C20H21N3O2S2/c24-19(18-14-27-20(22-18)16-6-11-26-13-16)21-17(15-4-2-1-3-5-15)12-23-7-9-25-10-8-23/h1-6,11,13-14,17H,7-10,12H2,(H,21,24)/t17-/m1/s1. The SMILES string of the molecule is O=C(N[C@H](CN1CCOCC1)c1ccccc1)c1csc(-c2ccsc2)n1. The third kappa shape index (κ3) is 4.62. The van der Waals surface area contributed by atoms with Gasteiger partial charge >= 0.3 is 0 Å². The minimum atomic E-state index is -0.130. The summed E-state index contributed by atoms with van der Waals surface area (Å²) in [6.45, 7) is 4.02. The van der Waals surface area contributed by atoms with Crippen LogP contribution in [0, 0.1) is 0 Å². The summed E-state index contributed by atoms with van der Waals surface area (Å²) in [7, 11) is 0. The van der Waals surface area contributed by atoms with Crippen molar-refractivity contribution in [3.63, 3.8) is 0 Å². The number of hydrogen-bond acceptors (Lipinski definition) is 6. The number of nitrogens with zero attached hydrogens (tertiary/aromatic N) is 2. The van der Waals surface area contributed by atoms with Crippen molar-refractivity contribution < 1.29 is 9.53 Å². The van der Waals surface area contributed by atoms with E-state index in [2.05, 4.69) is 27.3 Å². The third-order valence-corrected chi connectivity index (χ3v) is 6.13. The summed E-state index contributed by atoms with van der Waals surface area (Å²) in [6.07, 6.45) is 0. The second-order valence-electron chi connectivity index (χ2n) is 6.40. The van der Waals surface area contributed by atoms with Crippen LogP contribution in [0.15, 0.2) is 52.5 Å². The zero-order valence-corrected chi connectivity index (χ0v) is 16.5. The number of nitrogens with one attached hydrogen (secondary N) is 1. The lowest BCUT2D eigenvalue weighted by molar-refractivity contribution is 0.0332. The first kappa shape index (κ1) is 18.3. The van der Waals surface area contributed by atoms with Crippen molar-refractivity contribution in [2.45, 2.75) is 6.04 Å². The Hall–Kier alpha value is -2.06. The zero-order chi connectivity index (χ0) is 18.5. The summed E-state index contributed by atoms with van der Waals surface area (Å²) in [5, 5.41) is 9.96. The quantitative estimate of drug-likeness (QED) is 0.687. The molecule has 1 fully saturated rings. The van der Waals surface area contributed by atoms with Crippen molar-refractivity contribution >= 4 is 28.6 Å². The van der Waals surface area contributed by atoms with E-state index in [0.717, 1.165) is 49.0 Å². The number of aromatic nitrogens is 1. The van der Waals surface area contributed by atoms with Gasteiger partial charge < -0.3 is 10.1 Å². The van der Waals surface area contributed by atoms with E-state index < -0.39 is 0 Å². The molecular weight excluding hydrogens is 378 g/mol. The molecule has 0 spiro atoms. The Kier molecular flexibility index (Phi) is 5.94. The maximum atomic E-state index is 12.8. The lowest BCUT2D eigenvalue weighted by Gasteiger charge is -2.31. The van der Waals surface area contributed by atoms with Crippen LogP contribution < -0.4 is 5.32 Å². The van der Waals surface area contributed by atoms with Crippen molar-refractivity contribution in [2.75, 3.05) is 32.8 Å². The number of morpholine rings is 1. The molecule has 5 nitrogen and oxygen atoms in total. The lowest BCUT2D eigenvalue weighted by atomic mass is 10.1. The van der Waals surface area contributed by atoms with Crippen LogP contribution in [0.25, 0.3) is 10.6 Å². The second-order valence-corrected chi connectivity index (χ2v) is 8.04. The number of benzene rings is 1. The number of rotatable bonds is 6. The van der Waals surface area contributed by atoms with Crippen LogP contribution in [0.2, 0.25) is 0 Å². The van der Waals surface area contributed by atoms with Crippen LogP contribution >= 0.6 is 22.7 Å². The summed E-state index contributed by atoms with van der Waals surface area (Å²) >= 11 is 3.13. The van der Waals surface area contributed by atoms with Crippen LogP contribution in [0.3, 0.4) is 0 Å². The summed E-state index contributed by atoms with van der Waals surface area (Å²) in [6, 6.07) is 12.1. The maximum Gasteiger partial charge on any atom is 0.271 e. The highest BCUT2D eigenvalue weighted by molar-refractivity contribution is 7.14. The largest absolute Gasteiger partial charge is 0.379 e. The molecule has 0 bridgehead atoms. The molecule has 1 aromatic carbocycles. The smallest absolute Gasteiger partial charge is 0.271 e. The number of ether oxygens (including phenoxy) is 1. The average molecular weight is 400 g/mol. The van der Waals surface area contributed by atoms with Crippen LogP contribution in [0.5, 0.6) is 0 Å². The summed E-state index contributed by atoms with van der Waals surface area (Å²) in [5.41, 5.74) is 2.65. The third-order valence-electron chi connectivity index (χ3n) is 4.56. The van der Waals surface area contributed by atoms with Crippen molar-refractivity contribution in [3.05, 3.63) is 63.8 Å². The van der Waals surface area contributed by atoms with Crippen LogP contribution in [0.1, 0.15) is 22.1 Å². The van der Waals surface area contributed by atoms with E-state index in [0.29, 0.717) is 5.69 Å². The number of carbonyl (C=O) groups is 1. The second kappa shape index (κ2) is 8.75. The highest BCUT2D eigenvalue weighted by Gasteiger charge is 2.22. The van der Waals surface area contributed by atoms with Gasteiger partial charge in [0.25, 0.3) is 5.91 Å². The Morgan fingerprint density at radius 3 is 2.74 bits per heavy atom. The summed E-state index contributed by atoms with van der Waals surface area (Å²) < 4.78 is 5.44. The fourth-order valence-corrected chi connectivity index (χ4v) is 4.60. The molecule has 7 heteroatoms. The summed E-state index contributed by atoms with van der Waals surface area (Å²) in [4.78, 5) is 19.7. The van der Waals surface area contributed by atoms with Gasteiger partial charge in [-0.1, -0.05) is 30.3 Å². The van der Waals surface area contributed by atoms with E-state index >= 15 is 0 Å². The van der Waals surface area contributed by atoms with E-state index in [1.807, 2.05) is 40.4 Å². The van der Waals surface area contributed by atoms with Crippen LogP contribution in [-0.2, 0) is 4.74 Å². The van der Waals surface area contributed by atoms with Gasteiger partial charge in [-0.3, -0.25) is 9.69 Å². The first-order chi connectivity index (χ1) is 13.3. The summed E-state index contributed by atoms with van der Waals surface area (Å²) in [5.74, 6) is -0.130. The van der Waals surface area contributed by atoms with E-state index in [9.17, 15) is 4.79 Å². The van der Waals surface area contributed by atoms with E-state index in [4.69, 9.17) is 4.74 Å². The van der Waals surface area contributed by atoms with Crippen LogP contribution in [0.4, 0.5) is 0 Å². The van der Waals surface area contributed by atoms with Gasteiger partial charge in [0.2, 0.25) is 0 Å². The topological polar surface area (TPSA) is 54.5 Å². The molecule has 1 N–H and O–H groups in total. The molecule has 1 aliphatic heterocycles. The number of thiophene rings is 1. The monoisotopic (exact) mass is 399 g/mol. The van der Waals surface area contributed by atoms with E-state index in [-0.39, 0.29) is 11.9 Å². The molecule has 0 aliphatic carbocycles. The fraction of sp³-hybridized carbons (Fsp3) is 0.300. The van der Waals surface area contributed by atoms with Gasteiger partial charge in [0.1, 0.15) is 10.7 Å². The molecule has 140 valence electrons. The number of amides is 1. The Balaban J connectivity index is 1.49. The molecule has 4 rings (SSSR count). The molecular formula is C20H21N3O2S2. The Morgan fingerprint density at radius 1 is 1.19 bits per heavy atom. The minimum absolute atomic E-state index is 0.0805.